The zero-order chi connectivity index (χ0) is 15.4. The van der Waals surface area contributed by atoms with Crippen molar-refractivity contribution in [2.24, 2.45) is 0 Å². The Labute approximate surface area is 132 Å². The SMILES string of the molecule is CN1CCC(N(CCO)C(=O)c2cccc(F)c2Br)CC1. The maximum absolute atomic E-state index is 13.6. The summed E-state index contributed by atoms with van der Waals surface area (Å²) in [7, 11) is 2.05. The molecule has 1 aliphatic rings. The second-order valence-electron chi connectivity index (χ2n) is 5.36. The first-order chi connectivity index (χ1) is 10.0. The van der Waals surface area contributed by atoms with Crippen molar-refractivity contribution < 1.29 is 14.3 Å². The van der Waals surface area contributed by atoms with Crippen LogP contribution in [0.2, 0.25) is 0 Å². The Hall–Kier alpha value is -0.980. The smallest absolute Gasteiger partial charge is 0.255 e. The third kappa shape index (κ3) is 3.81. The van der Waals surface area contributed by atoms with Crippen LogP contribution < -0.4 is 0 Å². The lowest BCUT2D eigenvalue weighted by Crippen LogP contribution is -2.47. The summed E-state index contributed by atoms with van der Waals surface area (Å²) in [6.07, 6.45) is 1.74. The van der Waals surface area contributed by atoms with Gasteiger partial charge in [0.1, 0.15) is 5.82 Å². The monoisotopic (exact) mass is 358 g/mol. The van der Waals surface area contributed by atoms with Gasteiger partial charge in [0.05, 0.1) is 16.6 Å². The maximum Gasteiger partial charge on any atom is 0.255 e. The summed E-state index contributed by atoms with van der Waals surface area (Å²) < 4.78 is 13.8. The van der Waals surface area contributed by atoms with Crippen LogP contribution in [0.25, 0.3) is 0 Å². The fraction of sp³-hybridized carbons (Fsp3) is 0.533. The van der Waals surface area contributed by atoms with Crippen molar-refractivity contribution in [3.05, 3.63) is 34.1 Å². The summed E-state index contributed by atoms with van der Waals surface area (Å²) in [5.74, 6) is -0.682. The van der Waals surface area contributed by atoms with E-state index in [9.17, 15) is 14.3 Å². The number of carbonyl (C=O) groups excluding carboxylic acids is 1. The molecule has 1 amide bonds. The van der Waals surface area contributed by atoms with E-state index in [-0.39, 0.29) is 29.6 Å². The van der Waals surface area contributed by atoms with Crippen molar-refractivity contribution in [2.75, 3.05) is 33.3 Å². The van der Waals surface area contributed by atoms with Crippen molar-refractivity contribution >= 4 is 21.8 Å². The predicted octanol–water partition coefficient (Wildman–Crippen LogP) is 2.12. The number of halogens is 2. The van der Waals surface area contributed by atoms with E-state index in [1.54, 1.807) is 11.0 Å². The number of piperidine rings is 1. The molecule has 0 bridgehead atoms. The molecule has 1 fully saturated rings. The van der Waals surface area contributed by atoms with E-state index in [1.807, 2.05) is 0 Å². The zero-order valence-corrected chi connectivity index (χ0v) is 13.6. The lowest BCUT2D eigenvalue weighted by Gasteiger charge is -2.37. The molecule has 4 nitrogen and oxygen atoms in total. The van der Waals surface area contributed by atoms with E-state index < -0.39 is 5.82 Å². The number of amides is 1. The number of hydrogen-bond acceptors (Lipinski definition) is 3. The van der Waals surface area contributed by atoms with Gasteiger partial charge >= 0.3 is 0 Å². The normalized spacial score (nSPS) is 17.0. The second-order valence-corrected chi connectivity index (χ2v) is 6.15. The highest BCUT2D eigenvalue weighted by molar-refractivity contribution is 9.10. The standard InChI is InChI=1S/C15H20BrFN2O2/c1-18-7-5-11(6-8-18)19(9-10-20)15(21)12-3-2-4-13(17)14(12)16/h2-4,11,20H,5-10H2,1H3. The molecule has 1 N–H and O–H groups in total. The Balaban J connectivity index is 2.21. The van der Waals surface area contributed by atoms with Crippen LogP contribution in [-0.4, -0.2) is 60.1 Å². The second kappa shape index (κ2) is 7.33. The van der Waals surface area contributed by atoms with Crippen LogP contribution in [0.1, 0.15) is 23.2 Å². The lowest BCUT2D eigenvalue weighted by molar-refractivity contribution is 0.0538. The molecule has 116 valence electrons. The highest BCUT2D eigenvalue weighted by Gasteiger charge is 2.28. The third-order valence-corrected chi connectivity index (χ3v) is 4.72. The van der Waals surface area contributed by atoms with E-state index >= 15 is 0 Å². The predicted molar refractivity (Wildman–Crippen MR) is 82.7 cm³/mol. The van der Waals surface area contributed by atoms with Crippen LogP contribution in [0.4, 0.5) is 4.39 Å². The fourth-order valence-corrected chi connectivity index (χ4v) is 3.12. The largest absolute Gasteiger partial charge is 0.395 e. The van der Waals surface area contributed by atoms with Crippen molar-refractivity contribution in [1.29, 1.82) is 0 Å². The Morgan fingerprint density at radius 3 is 2.76 bits per heavy atom. The quantitative estimate of drug-likeness (QED) is 0.896. The highest BCUT2D eigenvalue weighted by atomic mass is 79.9. The van der Waals surface area contributed by atoms with Gasteiger partial charge in [-0.2, -0.15) is 0 Å². The van der Waals surface area contributed by atoms with Crippen LogP contribution in [0.15, 0.2) is 22.7 Å². The minimum absolute atomic E-state index is 0.0922. The summed E-state index contributed by atoms with van der Waals surface area (Å²) in [4.78, 5) is 16.6. The van der Waals surface area contributed by atoms with E-state index in [4.69, 9.17) is 0 Å². The molecule has 6 heteroatoms. The van der Waals surface area contributed by atoms with Gasteiger partial charge in [0.25, 0.3) is 5.91 Å². The first-order valence-electron chi connectivity index (χ1n) is 7.09. The molecular weight excluding hydrogens is 339 g/mol. The van der Waals surface area contributed by atoms with E-state index in [0.717, 1.165) is 25.9 Å². The van der Waals surface area contributed by atoms with Gasteiger partial charge in [-0.05, 0) is 61.0 Å². The number of likely N-dealkylation sites (tertiary alicyclic amines) is 1. The molecule has 1 aromatic carbocycles. The molecule has 1 aromatic rings. The van der Waals surface area contributed by atoms with Crippen LogP contribution in [-0.2, 0) is 0 Å². The van der Waals surface area contributed by atoms with Gasteiger partial charge in [0.2, 0.25) is 0 Å². The number of rotatable bonds is 4. The molecule has 1 aliphatic heterocycles. The Morgan fingerprint density at radius 2 is 2.14 bits per heavy atom. The van der Waals surface area contributed by atoms with Crippen molar-refractivity contribution in [3.8, 4) is 0 Å². The Kier molecular flexibility index (Phi) is 5.72. The van der Waals surface area contributed by atoms with Gasteiger partial charge in [-0.3, -0.25) is 4.79 Å². The minimum Gasteiger partial charge on any atom is -0.395 e. The van der Waals surface area contributed by atoms with Gasteiger partial charge in [0.15, 0.2) is 0 Å². The van der Waals surface area contributed by atoms with Gasteiger partial charge in [-0.1, -0.05) is 6.07 Å². The van der Waals surface area contributed by atoms with Crippen LogP contribution >= 0.6 is 15.9 Å². The zero-order valence-electron chi connectivity index (χ0n) is 12.1. The summed E-state index contributed by atoms with van der Waals surface area (Å²) >= 11 is 3.14. The van der Waals surface area contributed by atoms with Gasteiger partial charge < -0.3 is 14.9 Å². The number of benzene rings is 1. The average molecular weight is 359 g/mol. The van der Waals surface area contributed by atoms with Crippen molar-refractivity contribution in [2.45, 2.75) is 18.9 Å². The van der Waals surface area contributed by atoms with Gasteiger partial charge in [-0.15, -0.1) is 0 Å². The molecule has 0 atom stereocenters. The summed E-state index contributed by atoms with van der Waals surface area (Å²) in [6.45, 7) is 2.02. The summed E-state index contributed by atoms with van der Waals surface area (Å²) in [6, 6.07) is 4.54. The summed E-state index contributed by atoms with van der Waals surface area (Å²) in [5, 5.41) is 9.25. The number of carbonyl (C=O) groups is 1. The highest BCUT2D eigenvalue weighted by Crippen LogP contribution is 2.24. The molecule has 0 saturated carbocycles. The lowest BCUT2D eigenvalue weighted by atomic mass is 10.0. The molecule has 2 rings (SSSR count). The van der Waals surface area contributed by atoms with Crippen LogP contribution in [0, 0.1) is 5.82 Å². The first-order valence-corrected chi connectivity index (χ1v) is 7.88. The third-order valence-electron chi connectivity index (χ3n) is 3.91. The van der Waals surface area contributed by atoms with Crippen molar-refractivity contribution in [3.63, 3.8) is 0 Å². The Bertz CT molecular complexity index is 504. The average Bonchev–Trinajstić information content (AvgIpc) is 2.48. The van der Waals surface area contributed by atoms with E-state index in [2.05, 4.69) is 27.9 Å². The molecular formula is C15H20BrFN2O2. The molecule has 0 aromatic heterocycles. The topological polar surface area (TPSA) is 43.8 Å². The Morgan fingerprint density at radius 1 is 1.48 bits per heavy atom. The molecule has 0 aliphatic carbocycles. The van der Waals surface area contributed by atoms with Crippen LogP contribution in [0.5, 0.6) is 0 Å². The molecule has 1 saturated heterocycles. The van der Waals surface area contributed by atoms with Crippen molar-refractivity contribution in [1.82, 2.24) is 9.80 Å². The van der Waals surface area contributed by atoms with Crippen LogP contribution in [0.3, 0.4) is 0 Å². The molecule has 0 unspecified atom stereocenters. The molecule has 0 spiro atoms. The number of nitrogens with zero attached hydrogens (tertiary/aromatic N) is 2. The fourth-order valence-electron chi connectivity index (χ4n) is 2.69. The minimum atomic E-state index is -0.451. The van der Waals surface area contributed by atoms with E-state index in [0.29, 0.717) is 5.56 Å². The van der Waals surface area contributed by atoms with Gasteiger partial charge in [0, 0.05) is 12.6 Å². The summed E-state index contributed by atoms with van der Waals surface area (Å²) in [5.41, 5.74) is 0.308. The van der Waals surface area contributed by atoms with E-state index in [1.165, 1.54) is 12.1 Å². The number of aliphatic hydroxyl groups is 1. The molecule has 1 heterocycles. The molecule has 21 heavy (non-hydrogen) atoms. The number of aliphatic hydroxyl groups excluding tert-OH is 1. The van der Waals surface area contributed by atoms with Gasteiger partial charge in [-0.25, -0.2) is 4.39 Å². The molecule has 0 radical (unpaired) electrons. The number of hydrogen-bond donors (Lipinski definition) is 1. The first kappa shape index (κ1) is 16.4. The maximum atomic E-state index is 13.6.